The summed E-state index contributed by atoms with van der Waals surface area (Å²) in [6, 6.07) is 0.489. The smallest absolute Gasteiger partial charge is 0.331 e. The Morgan fingerprint density at radius 2 is 1.77 bits per heavy atom. The molecule has 6 atom stereocenters. The van der Waals surface area contributed by atoms with Gasteiger partial charge in [-0.25, -0.2) is 4.79 Å². The lowest BCUT2D eigenvalue weighted by molar-refractivity contribution is -0.145. The average Bonchev–Trinajstić information content (AvgIpc) is 3.03. The van der Waals surface area contributed by atoms with Crippen LogP contribution in [0, 0.1) is 35.0 Å². The van der Waals surface area contributed by atoms with Gasteiger partial charge in [0.2, 0.25) is 5.91 Å². The van der Waals surface area contributed by atoms with Crippen LogP contribution in [0.25, 0.3) is 0 Å². The van der Waals surface area contributed by atoms with Crippen molar-refractivity contribution in [1.82, 2.24) is 4.90 Å². The number of carboxylic acid groups (broad SMARTS) is 1. The molecule has 0 aromatic heterocycles. The fraction of sp³-hybridized carbons (Fsp3) is 0.769. The zero-order valence-electron chi connectivity index (χ0n) is 19.4. The van der Waals surface area contributed by atoms with Gasteiger partial charge in [0.25, 0.3) is 0 Å². The van der Waals surface area contributed by atoms with Crippen molar-refractivity contribution in [3.05, 3.63) is 23.3 Å². The molecule has 4 aliphatic rings. The summed E-state index contributed by atoms with van der Waals surface area (Å²) in [5.74, 6) is 2.23. The van der Waals surface area contributed by atoms with Crippen molar-refractivity contribution in [3.8, 4) is 0 Å². The van der Waals surface area contributed by atoms with Gasteiger partial charge in [0.1, 0.15) is 0 Å². The highest BCUT2D eigenvalue weighted by Crippen LogP contribution is 2.63. The number of fused-ring (bicyclic) bond motifs is 5. The Kier molecular flexibility index (Phi) is 5.65. The molecule has 0 saturated heterocycles. The number of aliphatic carboxylic acids is 1. The van der Waals surface area contributed by atoms with E-state index in [-0.39, 0.29) is 23.4 Å². The summed E-state index contributed by atoms with van der Waals surface area (Å²) in [5.41, 5.74) is 1.97. The van der Waals surface area contributed by atoms with Gasteiger partial charge in [-0.2, -0.15) is 0 Å². The first-order chi connectivity index (χ1) is 14.1. The van der Waals surface area contributed by atoms with E-state index in [0.717, 1.165) is 25.7 Å². The van der Waals surface area contributed by atoms with E-state index in [9.17, 15) is 14.7 Å². The molecule has 4 heteroatoms. The molecule has 4 nitrogen and oxygen atoms in total. The fourth-order valence-electron chi connectivity index (χ4n) is 7.82. The number of carbonyl (C=O) groups is 2. The van der Waals surface area contributed by atoms with Crippen molar-refractivity contribution in [2.75, 3.05) is 0 Å². The number of rotatable bonds is 4. The third-order valence-electron chi connectivity index (χ3n) is 9.07. The topological polar surface area (TPSA) is 57.6 Å². The Hall–Kier alpha value is -1.58. The third kappa shape index (κ3) is 3.35. The molecule has 4 aliphatic carbocycles. The van der Waals surface area contributed by atoms with E-state index >= 15 is 0 Å². The number of nitrogens with zero attached hydrogens (tertiary/aromatic N) is 1. The summed E-state index contributed by atoms with van der Waals surface area (Å²) >= 11 is 0. The quantitative estimate of drug-likeness (QED) is 0.667. The van der Waals surface area contributed by atoms with Gasteiger partial charge in [-0.3, -0.25) is 4.79 Å². The van der Waals surface area contributed by atoms with Crippen molar-refractivity contribution in [3.63, 3.8) is 0 Å². The molecule has 4 rings (SSSR count). The highest BCUT2D eigenvalue weighted by molar-refractivity contribution is 5.87. The van der Waals surface area contributed by atoms with Gasteiger partial charge in [0.05, 0.1) is 0 Å². The van der Waals surface area contributed by atoms with E-state index in [1.807, 2.05) is 6.08 Å². The second-order valence-corrected chi connectivity index (χ2v) is 11.1. The normalized spacial score (nSPS) is 37.8. The molecular weight excluding hydrogens is 374 g/mol. The van der Waals surface area contributed by atoms with Gasteiger partial charge in [-0.15, -0.1) is 0 Å². The average molecular weight is 414 g/mol. The molecule has 30 heavy (non-hydrogen) atoms. The lowest BCUT2D eigenvalue weighted by atomic mass is 9.52. The van der Waals surface area contributed by atoms with Gasteiger partial charge in [-0.05, 0) is 113 Å². The highest BCUT2D eigenvalue weighted by atomic mass is 16.4. The van der Waals surface area contributed by atoms with E-state index in [1.54, 1.807) is 0 Å². The molecule has 1 amide bonds. The molecule has 0 aromatic rings. The zero-order valence-corrected chi connectivity index (χ0v) is 19.4. The number of amides is 1. The monoisotopic (exact) mass is 413 g/mol. The number of allylic oxidation sites excluding steroid dienone is 3. The fourth-order valence-corrected chi connectivity index (χ4v) is 7.82. The molecule has 1 N–H and O–H groups in total. The lowest BCUT2D eigenvalue weighted by Gasteiger charge is -2.53. The maximum Gasteiger partial charge on any atom is 0.331 e. The van der Waals surface area contributed by atoms with E-state index in [2.05, 4.69) is 45.6 Å². The molecule has 3 unspecified atom stereocenters. The predicted molar refractivity (Wildman–Crippen MR) is 119 cm³/mol. The van der Waals surface area contributed by atoms with Crippen LogP contribution < -0.4 is 0 Å². The van der Waals surface area contributed by atoms with E-state index in [4.69, 9.17) is 0 Å². The molecule has 2 saturated carbocycles. The van der Waals surface area contributed by atoms with E-state index in [0.29, 0.717) is 41.6 Å². The van der Waals surface area contributed by atoms with Crippen LogP contribution in [0.3, 0.4) is 0 Å². The minimum Gasteiger partial charge on any atom is -0.478 e. The largest absolute Gasteiger partial charge is 0.478 e. The summed E-state index contributed by atoms with van der Waals surface area (Å²) in [4.78, 5) is 27.2. The van der Waals surface area contributed by atoms with Crippen LogP contribution in [0.1, 0.15) is 79.6 Å². The predicted octanol–water partition coefficient (Wildman–Crippen LogP) is 5.44. The zero-order chi connectivity index (χ0) is 21.8. The van der Waals surface area contributed by atoms with Gasteiger partial charge in [0, 0.05) is 23.6 Å². The molecule has 0 heterocycles. The summed E-state index contributed by atoms with van der Waals surface area (Å²) < 4.78 is 0. The third-order valence-corrected chi connectivity index (χ3v) is 9.07. The standard InChI is InChI=1S/C26H39NO3/c1-15(2)27(16(3)4)24(28)23-11-10-22-21-9-6-17-14-18(25(29)30)7-8-19(17)20(21)12-13-26(22,23)5/h6,14-16,19-23H,7-13H2,1-5H3,(H,29,30)/t19-,20?,21?,22?,23+,26-/m0/s1. The van der Waals surface area contributed by atoms with Crippen molar-refractivity contribution >= 4 is 11.9 Å². The van der Waals surface area contributed by atoms with Crippen LogP contribution >= 0.6 is 0 Å². The van der Waals surface area contributed by atoms with E-state index in [1.165, 1.54) is 18.4 Å². The Morgan fingerprint density at radius 1 is 1.07 bits per heavy atom. The Morgan fingerprint density at radius 3 is 2.40 bits per heavy atom. The minimum absolute atomic E-state index is 0.113. The molecule has 2 fully saturated rings. The molecule has 0 bridgehead atoms. The van der Waals surface area contributed by atoms with Crippen LogP contribution in [0.2, 0.25) is 0 Å². The lowest BCUT2D eigenvalue weighted by Crippen LogP contribution is -2.51. The van der Waals surface area contributed by atoms with Gasteiger partial charge < -0.3 is 10.0 Å². The summed E-state index contributed by atoms with van der Waals surface area (Å²) in [6.07, 6.45) is 11.6. The van der Waals surface area contributed by atoms with Crippen molar-refractivity contribution < 1.29 is 14.7 Å². The number of hydrogen-bond acceptors (Lipinski definition) is 2. The van der Waals surface area contributed by atoms with Gasteiger partial charge in [-0.1, -0.05) is 13.0 Å². The van der Waals surface area contributed by atoms with Gasteiger partial charge >= 0.3 is 5.97 Å². The SMILES string of the molecule is CC(C)N(C(=O)[C@H]1CCC2C3CC=C4C=C(C(=O)O)CC[C@@H]4C3CC[C@@]21C)C(C)C. The Labute approximate surface area is 181 Å². The van der Waals surface area contributed by atoms with Crippen LogP contribution in [-0.2, 0) is 9.59 Å². The van der Waals surface area contributed by atoms with Crippen molar-refractivity contribution in [1.29, 1.82) is 0 Å². The maximum absolute atomic E-state index is 13.6. The van der Waals surface area contributed by atoms with Crippen LogP contribution in [-0.4, -0.2) is 34.0 Å². The Bertz CT molecular complexity index is 771. The first-order valence-electron chi connectivity index (χ1n) is 12.1. The number of carbonyl (C=O) groups excluding carboxylic acids is 1. The summed E-state index contributed by atoms with van der Waals surface area (Å²) in [6.45, 7) is 11.0. The van der Waals surface area contributed by atoms with Crippen LogP contribution in [0.5, 0.6) is 0 Å². The van der Waals surface area contributed by atoms with Crippen molar-refractivity contribution in [2.24, 2.45) is 35.0 Å². The number of hydrogen-bond donors (Lipinski definition) is 1. The summed E-state index contributed by atoms with van der Waals surface area (Å²) in [7, 11) is 0. The number of carboxylic acids is 1. The second-order valence-electron chi connectivity index (χ2n) is 11.1. The molecule has 0 spiro atoms. The second kappa shape index (κ2) is 7.84. The summed E-state index contributed by atoms with van der Waals surface area (Å²) in [5, 5.41) is 9.39. The first-order valence-corrected chi connectivity index (χ1v) is 12.1. The molecule has 166 valence electrons. The Balaban J connectivity index is 1.57. The molecule has 0 aromatic carbocycles. The minimum atomic E-state index is -0.760. The van der Waals surface area contributed by atoms with E-state index < -0.39 is 5.97 Å². The maximum atomic E-state index is 13.6. The molecule has 0 radical (unpaired) electrons. The molecule has 0 aliphatic heterocycles. The van der Waals surface area contributed by atoms with Gasteiger partial charge in [0.15, 0.2) is 0 Å². The molecular formula is C26H39NO3. The first kappa shape index (κ1) is 21.6. The van der Waals surface area contributed by atoms with Crippen LogP contribution in [0.15, 0.2) is 23.3 Å². The highest BCUT2D eigenvalue weighted by Gasteiger charge is 2.58. The van der Waals surface area contributed by atoms with Crippen LogP contribution in [0.4, 0.5) is 0 Å². The van der Waals surface area contributed by atoms with Crippen molar-refractivity contribution in [2.45, 2.75) is 91.6 Å².